The first-order chi connectivity index (χ1) is 15.3. The lowest BCUT2D eigenvalue weighted by Crippen LogP contribution is -2.39. The van der Waals surface area contributed by atoms with Gasteiger partial charge < -0.3 is 15.8 Å². The molecule has 0 aromatic heterocycles. The normalized spacial score (nSPS) is 18.0. The van der Waals surface area contributed by atoms with Gasteiger partial charge in [-0.15, -0.1) is 0 Å². The molecule has 0 spiro atoms. The number of unbranched alkanes of at least 4 members (excludes halogenated alkanes) is 1. The van der Waals surface area contributed by atoms with Crippen molar-refractivity contribution in [2.24, 2.45) is 17.6 Å². The molecule has 4 N–H and O–H groups in total. The third kappa shape index (κ3) is 8.28. The number of hydrogen-bond donors (Lipinski definition) is 3. The van der Waals surface area contributed by atoms with Gasteiger partial charge in [-0.1, -0.05) is 37.1 Å². The van der Waals surface area contributed by atoms with Gasteiger partial charge in [0, 0.05) is 11.6 Å². The molecule has 172 valence electrons. The number of halogens is 2. The summed E-state index contributed by atoms with van der Waals surface area (Å²) in [6.07, 6.45) is 7.45. The quantitative estimate of drug-likeness (QED) is 0.380. The van der Waals surface area contributed by atoms with Gasteiger partial charge in [0.15, 0.2) is 0 Å². The fourth-order valence-electron chi connectivity index (χ4n) is 4.26. The largest absolute Gasteiger partial charge is 0.451 e. The smallest absolute Gasteiger partial charge is 0.427 e. The van der Waals surface area contributed by atoms with Gasteiger partial charge in [0.2, 0.25) is 0 Å². The molecule has 0 aliphatic heterocycles. The van der Waals surface area contributed by atoms with Gasteiger partial charge in [0.05, 0.1) is 0 Å². The van der Waals surface area contributed by atoms with Gasteiger partial charge >= 0.3 is 13.3 Å². The Hall–Kier alpha value is -2.38. The zero-order valence-corrected chi connectivity index (χ0v) is 18.1. The maximum absolute atomic E-state index is 14.5. The van der Waals surface area contributed by atoms with E-state index in [9.17, 15) is 8.78 Å². The second kappa shape index (κ2) is 13.2. The van der Waals surface area contributed by atoms with Crippen molar-refractivity contribution in [2.75, 3.05) is 0 Å². The molecule has 2 aromatic rings. The predicted molar refractivity (Wildman–Crippen MR) is 118 cm³/mol. The van der Waals surface area contributed by atoms with Gasteiger partial charge in [-0.05, 0) is 79.6 Å². The first kappa shape index (κ1) is 25.9. The molecule has 0 amide bonds. The summed E-state index contributed by atoms with van der Waals surface area (Å²) in [4.78, 5) is 16.2. The minimum Gasteiger partial charge on any atom is -0.427 e. The number of aryl methyl sites for hydroxylation is 1. The van der Waals surface area contributed by atoms with Gasteiger partial charge in [0.25, 0.3) is 0 Å². The van der Waals surface area contributed by atoms with Crippen molar-refractivity contribution in [1.82, 2.24) is 0 Å². The van der Waals surface area contributed by atoms with Crippen LogP contribution in [0.15, 0.2) is 42.5 Å². The Labute approximate surface area is 187 Å². The number of rotatable bonds is 10. The van der Waals surface area contributed by atoms with Crippen LogP contribution in [-0.2, 0) is 16.0 Å². The Bertz CT molecular complexity index is 867. The molecule has 0 bridgehead atoms. The zero-order chi connectivity index (χ0) is 23.5. The highest BCUT2D eigenvalue weighted by Gasteiger charge is 2.32. The van der Waals surface area contributed by atoms with Gasteiger partial charge in [-0.25, -0.2) is 8.78 Å². The molecule has 1 unspecified atom stereocenters. The van der Waals surface area contributed by atoms with E-state index in [2.05, 4.69) is 0 Å². The Morgan fingerprint density at radius 2 is 1.72 bits per heavy atom. The van der Waals surface area contributed by atoms with Crippen molar-refractivity contribution in [3.8, 4) is 11.1 Å². The van der Waals surface area contributed by atoms with Crippen LogP contribution in [0, 0.1) is 23.5 Å². The Balaban J connectivity index is 0.00000114. The summed E-state index contributed by atoms with van der Waals surface area (Å²) in [5, 5.41) is 17.7. The van der Waals surface area contributed by atoms with E-state index >= 15 is 0 Å². The van der Waals surface area contributed by atoms with Crippen molar-refractivity contribution in [1.29, 1.82) is 0 Å². The SMILES string of the molecule is NC(CCCCB(O)O)C1CC(CCc2ccc(-c3ccc(F)cc3)c(F)c2)C1.O=C=O. The maximum atomic E-state index is 14.5. The molecular formula is C24H30BF2NO4. The van der Waals surface area contributed by atoms with Crippen molar-refractivity contribution in [3.63, 3.8) is 0 Å². The average molecular weight is 445 g/mol. The fourth-order valence-corrected chi connectivity index (χ4v) is 4.26. The highest BCUT2D eigenvalue weighted by molar-refractivity contribution is 6.40. The fraction of sp³-hybridized carbons (Fsp3) is 0.458. The van der Waals surface area contributed by atoms with Crippen LogP contribution in [0.5, 0.6) is 0 Å². The Kier molecular flexibility index (Phi) is 10.7. The molecule has 0 radical (unpaired) electrons. The van der Waals surface area contributed by atoms with Crippen LogP contribution >= 0.6 is 0 Å². The minimum absolute atomic E-state index is 0.189. The molecule has 1 aliphatic rings. The van der Waals surface area contributed by atoms with Gasteiger partial charge in [-0.2, -0.15) is 9.59 Å². The van der Waals surface area contributed by atoms with Crippen LogP contribution in [0.25, 0.3) is 11.1 Å². The second-order valence-electron chi connectivity index (χ2n) is 8.47. The monoisotopic (exact) mass is 445 g/mol. The van der Waals surface area contributed by atoms with E-state index in [-0.39, 0.29) is 23.8 Å². The maximum Gasteiger partial charge on any atom is 0.451 e. The van der Waals surface area contributed by atoms with Crippen LogP contribution in [0.1, 0.15) is 44.1 Å². The zero-order valence-electron chi connectivity index (χ0n) is 18.1. The van der Waals surface area contributed by atoms with Crippen molar-refractivity contribution in [2.45, 2.75) is 57.3 Å². The predicted octanol–water partition coefficient (Wildman–Crippen LogP) is 3.98. The van der Waals surface area contributed by atoms with E-state index in [1.165, 1.54) is 12.1 Å². The summed E-state index contributed by atoms with van der Waals surface area (Å²) in [5.74, 6) is 0.602. The highest BCUT2D eigenvalue weighted by atomic mass is 19.1. The van der Waals surface area contributed by atoms with E-state index in [0.717, 1.165) is 50.5 Å². The molecule has 1 aliphatic carbocycles. The topological polar surface area (TPSA) is 101 Å². The molecule has 2 aromatic carbocycles. The first-order valence-corrected chi connectivity index (χ1v) is 11.0. The van der Waals surface area contributed by atoms with Crippen LogP contribution in [0.2, 0.25) is 6.32 Å². The second-order valence-corrected chi connectivity index (χ2v) is 8.47. The molecule has 1 atom stereocenters. The summed E-state index contributed by atoms with van der Waals surface area (Å²) in [7, 11) is -1.21. The summed E-state index contributed by atoms with van der Waals surface area (Å²) in [5.41, 5.74) is 8.44. The molecule has 8 heteroatoms. The third-order valence-electron chi connectivity index (χ3n) is 6.16. The van der Waals surface area contributed by atoms with Crippen molar-refractivity contribution in [3.05, 3.63) is 59.7 Å². The van der Waals surface area contributed by atoms with Crippen LogP contribution < -0.4 is 5.73 Å². The van der Waals surface area contributed by atoms with E-state index in [0.29, 0.717) is 29.3 Å². The standard InChI is InChI=1S/C23H30BF2NO2.CO2/c25-20-9-7-18(8-10-20)21-11-6-16(15-22(21)26)4-5-17-13-19(14-17)23(27)3-1-2-12-24(28)29;2-1-3/h6-11,15,17,19,23,28-29H,1-5,12-14,27H2;. The summed E-state index contributed by atoms with van der Waals surface area (Å²) in [6, 6.07) is 11.4. The highest BCUT2D eigenvalue weighted by Crippen LogP contribution is 2.39. The van der Waals surface area contributed by atoms with Gasteiger partial charge in [-0.3, -0.25) is 0 Å². The first-order valence-electron chi connectivity index (χ1n) is 11.0. The lowest BCUT2D eigenvalue weighted by Gasteiger charge is -2.39. The summed E-state index contributed by atoms with van der Waals surface area (Å²) < 4.78 is 27.5. The number of nitrogens with two attached hydrogens (primary N) is 1. The van der Waals surface area contributed by atoms with Gasteiger partial charge in [0.1, 0.15) is 11.6 Å². The lowest BCUT2D eigenvalue weighted by atomic mass is 9.68. The molecular weight excluding hydrogens is 415 g/mol. The molecule has 5 nitrogen and oxygen atoms in total. The minimum atomic E-state index is -1.21. The molecule has 0 saturated heterocycles. The molecule has 1 fully saturated rings. The van der Waals surface area contributed by atoms with E-state index in [4.69, 9.17) is 25.4 Å². The third-order valence-corrected chi connectivity index (χ3v) is 6.16. The lowest BCUT2D eigenvalue weighted by molar-refractivity contribution is -0.191. The van der Waals surface area contributed by atoms with E-state index in [1.807, 2.05) is 6.07 Å². The Morgan fingerprint density at radius 1 is 1.06 bits per heavy atom. The molecule has 3 rings (SSSR count). The van der Waals surface area contributed by atoms with Crippen LogP contribution in [0.3, 0.4) is 0 Å². The van der Waals surface area contributed by atoms with E-state index < -0.39 is 7.12 Å². The van der Waals surface area contributed by atoms with Crippen molar-refractivity contribution < 1.29 is 28.4 Å². The molecule has 0 heterocycles. The number of carbonyl (C=O) groups excluding carboxylic acids is 2. The van der Waals surface area contributed by atoms with Crippen molar-refractivity contribution >= 4 is 13.3 Å². The van der Waals surface area contributed by atoms with Crippen LogP contribution in [-0.4, -0.2) is 29.4 Å². The van der Waals surface area contributed by atoms with E-state index in [1.54, 1.807) is 24.3 Å². The summed E-state index contributed by atoms with van der Waals surface area (Å²) >= 11 is 0. The molecule has 1 saturated carbocycles. The van der Waals surface area contributed by atoms with Crippen LogP contribution in [0.4, 0.5) is 8.78 Å². The Morgan fingerprint density at radius 3 is 2.31 bits per heavy atom. The molecule has 32 heavy (non-hydrogen) atoms. The number of benzene rings is 2. The summed E-state index contributed by atoms with van der Waals surface area (Å²) in [6.45, 7) is 0. The number of hydrogen-bond acceptors (Lipinski definition) is 5. The average Bonchev–Trinajstić information content (AvgIpc) is 2.71.